The van der Waals surface area contributed by atoms with E-state index in [1.54, 1.807) is 12.4 Å². The number of rotatable bonds is 7. The Kier molecular flexibility index (Phi) is 6.23. The van der Waals surface area contributed by atoms with E-state index in [0.29, 0.717) is 12.5 Å². The summed E-state index contributed by atoms with van der Waals surface area (Å²) < 4.78 is 0. The van der Waals surface area contributed by atoms with Crippen LogP contribution in [0.3, 0.4) is 0 Å². The van der Waals surface area contributed by atoms with Gasteiger partial charge < -0.3 is 9.80 Å². The number of hydrogen-bond donors (Lipinski definition) is 0. The van der Waals surface area contributed by atoms with Crippen molar-refractivity contribution in [3.63, 3.8) is 0 Å². The number of para-hydroxylation sites is 1. The molecule has 0 aliphatic carbocycles. The maximum absolute atomic E-state index is 12.5. The number of likely N-dealkylation sites (N-methyl/N-ethyl adjacent to an activating group) is 2. The van der Waals surface area contributed by atoms with Crippen LogP contribution in [0.5, 0.6) is 0 Å². The zero-order valence-corrected chi connectivity index (χ0v) is 15.7. The molecule has 1 aromatic carbocycles. The molecule has 0 N–H and O–H groups in total. The molecule has 0 radical (unpaired) electrons. The Balaban J connectivity index is 1.44. The van der Waals surface area contributed by atoms with Crippen LogP contribution in [0.15, 0.2) is 54.9 Å². The van der Waals surface area contributed by atoms with Crippen molar-refractivity contribution in [3.05, 3.63) is 60.4 Å². The summed E-state index contributed by atoms with van der Waals surface area (Å²) in [7, 11) is 3.91. The lowest BCUT2D eigenvalue weighted by atomic mass is 10.1. The highest BCUT2D eigenvalue weighted by molar-refractivity contribution is 5.78. The Hall–Kier alpha value is -2.40. The highest BCUT2D eigenvalue weighted by Crippen LogP contribution is 2.23. The molecule has 1 aliphatic rings. The highest BCUT2D eigenvalue weighted by atomic mass is 16.2. The Morgan fingerprint density at radius 3 is 2.62 bits per heavy atom. The van der Waals surface area contributed by atoms with Crippen molar-refractivity contribution >= 4 is 11.6 Å². The molecule has 3 rings (SSSR count). The number of benzene rings is 1. The second kappa shape index (κ2) is 8.81. The lowest BCUT2D eigenvalue weighted by molar-refractivity contribution is -0.131. The first kappa shape index (κ1) is 18.4. The summed E-state index contributed by atoms with van der Waals surface area (Å²) in [4.78, 5) is 22.9. The van der Waals surface area contributed by atoms with Crippen LogP contribution in [0, 0.1) is 5.92 Å². The van der Waals surface area contributed by atoms with Crippen LogP contribution in [0.1, 0.15) is 12.0 Å². The lowest BCUT2D eigenvalue weighted by Crippen LogP contribution is -2.39. The molecule has 5 nitrogen and oxygen atoms in total. The summed E-state index contributed by atoms with van der Waals surface area (Å²) in [5, 5.41) is 0. The standard InChI is InChI=1S/C21H28N4O/c1-23(14-18-8-11-22-12-9-18)17-21(26)24(2)15-19-10-13-25(16-19)20-6-4-3-5-7-20/h3-9,11-12,19H,10,13-17H2,1-2H3/t19-/m0/s1. The molecule has 2 aromatic rings. The minimum atomic E-state index is 0.180. The van der Waals surface area contributed by atoms with Gasteiger partial charge in [-0.1, -0.05) is 18.2 Å². The van der Waals surface area contributed by atoms with Gasteiger partial charge in [0.2, 0.25) is 5.91 Å². The van der Waals surface area contributed by atoms with Gasteiger partial charge in [0.25, 0.3) is 0 Å². The average molecular weight is 352 g/mol. The van der Waals surface area contributed by atoms with Crippen LogP contribution < -0.4 is 4.90 Å². The van der Waals surface area contributed by atoms with Gasteiger partial charge in [0, 0.05) is 51.3 Å². The van der Waals surface area contributed by atoms with Crippen molar-refractivity contribution in [1.82, 2.24) is 14.8 Å². The average Bonchev–Trinajstić information content (AvgIpc) is 3.11. The number of amides is 1. The molecule has 1 fully saturated rings. The van der Waals surface area contributed by atoms with Crippen LogP contribution in [0.25, 0.3) is 0 Å². The van der Waals surface area contributed by atoms with Crippen molar-refractivity contribution in [1.29, 1.82) is 0 Å². The maximum atomic E-state index is 12.5. The maximum Gasteiger partial charge on any atom is 0.236 e. The first-order valence-corrected chi connectivity index (χ1v) is 9.23. The predicted molar refractivity (Wildman–Crippen MR) is 105 cm³/mol. The summed E-state index contributed by atoms with van der Waals surface area (Å²) in [6.45, 7) is 4.11. The SMILES string of the molecule is CN(CC(=O)N(C)C[C@@H]1CCN(c2ccccc2)C1)Cc1ccncc1. The summed E-state index contributed by atoms with van der Waals surface area (Å²) in [5.74, 6) is 0.717. The monoisotopic (exact) mass is 352 g/mol. The molecule has 138 valence electrons. The van der Waals surface area contributed by atoms with Crippen LogP contribution in [-0.4, -0.2) is 61.0 Å². The molecule has 1 aromatic heterocycles. The molecule has 1 aliphatic heterocycles. The number of anilines is 1. The van der Waals surface area contributed by atoms with Crippen molar-refractivity contribution in [2.24, 2.45) is 5.92 Å². The molecular weight excluding hydrogens is 324 g/mol. The summed E-state index contributed by atoms with van der Waals surface area (Å²) in [6, 6.07) is 14.5. The van der Waals surface area contributed by atoms with Gasteiger partial charge in [-0.15, -0.1) is 0 Å². The first-order chi connectivity index (χ1) is 12.6. The van der Waals surface area contributed by atoms with Gasteiger partial charge >= 0.3 is 0 Å². The molecule has 26 heavy (non-hydrogen) atoms. The molecule has 0 bridgehead atoms. The van der Waals surface area contributed by atoms with Crippen molar-refractivity contribution in [2.75, 3.05) is 45.2 Å². The van der Waals surface area contributed by atoms with E-state index in [4.69, 9.17) is 0 Å². The van der Waals surface area contributed by atoms with E-state index in [1.165, 1.54) is 11.3 Å². The number of carbonyl (C=O) groups is 1. The Labute approximate surface area is 156 Å². The lowest BCUT2D eigenvalue weighted by Gasteiger charge is -2.25. The quantitative estimate of drug-likeness (QED) is 0.768. The zero-order valence-electron chi connectivity index (χ0n) is 15.7. The summed E-state index contributed by atoms with van der Waals surface area (Å²) in [5.41, 5.74) is 2.45. The van der Waals surface area contributed by atoms with Gasteiger partial charge in [0.05, 0.1) is 6.54 Å². The minimum absolute atomic E-state index is 0.180. The summed E-state index contributed by atoms with van der Waals surface area (Å²) in [6.07, 6.45) is 4.71. The van der Waals surface area contributed by atoms with Gasteiger partial charge in [-0.2, -0.15) is 0 Å². The third-order valence-electron chi connectivity index (χ3n) is 4.97. The van der Waals surface area contributed by atoms with Gasteiger partial charge in [-0.25, -0.2) is 0 Å². The van der Waals surface area contributed by atoms with E-state index in [9.17, 15) is 4.79 Å². The summed E-state index contributed by atoms with van der Waals surface area (Å²) >= 11 is 0. The largest absolute Gasteiger partial charge is 0.371 e. The van der Waals surface area contributed by atoms with Crippen LogP contribution in [0.2, 0.25) is 0 Å². The van der Waals surface area contributed by atoms with Crippen LogP contribution in [-0.2, 0) is 11.3 Å². The fraction of sp³-hybridized carbons (Fsp3) is 0.429. The smallest absolute Gasteiger partial charge is 0.236 e. The van der Waals surface area contributed by atoms with Crippen molar-refractivity contribution in [2.45, 2.75) is 13.0 Å². The fourth-order valence-corrected chi connectivity index (χ4v) is 3.55. The molecule has 1 amide bonds. The highest BCUT2D eigenvalue weighted by Gasteiger charge is 2.25. The molecule has 5 heteroatoms. The number of aromatic nitrogens is 1. The zero-order chi connectivity index (χ0) is 18.4. The number of nitrogens with zero attached hydrogens (tertiary/aromatic N) is 4. The van der Waals surface area contributed by atoms with E-state index >= 15 is 0 Å². The fourth-order valence-electron chi connectivity index (χ4n) is 3.55. The van der Waals surface area contributed by atoms with Crippen LogP contribution in [0.4, 0.5) is 5.69 Å². The van der Waals surface area contributed by atoms with E-state index in [1.807, 2.05) is 37.2 Å². The van der Waals surface area contributed by atoms with Crippen molar-refractivity contribution in [3.8, 4) is 0 Å². The molecule has 0 saturated carbocycles. The Morgan fingerprint density at radius 2 is 1.88 bits per heavy atom. The second-order valence-electron chi connectivity index (χ2n) is 7.24. The van der Waals surface area contributed by atoms with Crippen LogP contribution >= 0.6 is 0 Å². The molecule has 1 atom stereocenters. The Morgan fingerprint density at radius 1 is 1.15 bits per heavy atom. The van der Waals surface area contributed by atoms with Gasteiger partial charge in [0.15, 0.2) is 0 Å². The predicted octanol–water partition coefficient (Wildman–Crippen LogP) is 2.50. The molecule has 2 heterocycles. The normalized spacial score (nSPS) is 16.9. The van der Waals surface area contributed by atoms with E-state index < -0.39 is 0 Å². The Bertz CT molecular complexity index is 692. The van der Waals surface area contributed by atoms with Gasteiger partial charge in [-0.3, -0.25) is 14.7 Å². The number of pyridine rings is 1. The van der Waals surface area contributed by atoms with E-state index in [0.717, 1.165) is 32.6 Å². The first-order valence-electron chi connectivity index (χ1n) is 9.23. The number of carbonyl (C=O) groups excluding carboxylic acids is 1. The number of hydrogen-bond acceptors (Lipinski definition) is 4. The molecule has 0 unspecified atom stereocenters. The van der Waals surface area contributed by atoms with Gasteiger partial charge in [0.1, 0.15) is 0 Å². The minimum Gasteiger partial charge on any atom is -0.371 e. The third kappa shape index (κ3) is 5.05. The van der Waals surface area contributed by atoms with Crippen molar-refractivity contribution < 1.29 is 4.79 Å². The second-order valence-corrected chi connectivity index (χ2v) is 7.24. The molecular formula is C21H28N4O. The molecule has 1 saturated heterocycles. The topological polar surface area (TPSA) is 39.7 Å². The van der Waals surface area contributed by atoms with Gasteiger partial charge in [-0.05, 0) is 49.2 Å². The molecule has 0 spiro atoms. The van der Waals surface area contributed by atoms with E-state index in [-0.39, 0.29) is 5.91 Å². The van der Waals surface area contributed by atoms with E-state index in [2.05, 4.69) is 39.0 Å². The third-order valence-corrected chi connectivity index (χ3v) is 4.97.